The standard InChI is InChI=1S/C30H46N8O2/c1-18(2)16-23-10-5-6-15-37(23)29-34-26-24(38(29)17-21-13-11-19(3)12-14-21)25(31-20(4)22-8-7-9-22)32-27(33-26)28-35-30(39)40-36-28/h18-23H,5-17H2,1-4H3,(H,31,32,33)(H,35,36,39)/t19?,20-,21?,23+/m1/s1. The van der Waals surface area contributed by atoms with Crippen LogP contribution in [0.2, 0.25) is 0 Å². The molecule has 1 saturated heterocycles. The summed E-state index contributed by atoms with van der Waals surface area (Å²) >= 11 is 0. The lowest BCUT2D eigenvalue weighted by molar-refractivity contribution is 0.265. The maximum atomic E-state index is 11.8. The van der Waals surface area contributed by atoms with Crippen LogP contribution < -0.4 is 16.0 Å². The summed E-state index contributed by atoms with van der Waals surface area (Å²) in [6.45, 7) is 11.2. The summed E-state index contributed by atoms with van der Waals surface area (Å²) in [6.07, 6.45) is 13.6. The van der Waals surface area contributed by atoms with E-state index in [-0.39, 0.29) is 11.9 Å². The molecule has 2 atom stereocenters. The first-order valence-corrected chi connectivity index (χ1v) is 15.7. The molecule has 0 spiro atoms. The quantitative estimate of drug-likeness (QED) is 0.333. The van der Waals surface area contributed by atoms with Gasteiger partial charge in [0.15, 0.2) is 11.5 Å². The molecule has 0 amide bonds. The second kappa shape index (κ2) is 11.5. The summed E-state index contributed by atoms with van der Waals surface area (Å²) in [5, 5.41) is 7.67. The van der Waals surface area contributed by atoms with Gasteiger partial charge in [0.1, 0.15) is 5.52 Å². The van der Waals surface area contributed by atoms with Crippen molar-refractivity contribution in [1.29, 1.82) is 0 Å². The second-order valence-electron chi connectivity index (χ2n) is 13.3. The number of hydrogen-bond donors (Lipinski definition) is 2. The molecule has 3 aromatic rings. The lowest BCUT2D eigenvalue weighted by Crippen LogP contribution is -2.42. The van der Waals surface area contributed by atoms with E-state index in [4.69, 9.17) is 19.5 Å². The van der Waals surface area contributed by atoms with Gasteiger partial charge in [-0.25, -0.2) is 14.8 Å². The molecule has 10 nitrogen and oxygen atoms in total. The largest absolute Gasteiger partial charge is 0.439 e. The Hall–Kier alpha value is -2.91. The molecule has 0 radical (unpaired) electrons. The van der Waals surface area contributed by atoms with E-state index in [9.17, 15) is 4.79 Å². The van der Waals surface area contributed by atoms with Gasteiger partial charge in [0.25, 0.3) is 0 Å². The SMILES string of the molecule is CC(C)C[C@@H]1CCCCN1c1nc2nc(-c3noc(=O)[nH]3)nc(N[C@H](C)C3CCC3)c2n1CC1CCC(C)CC1. The molecule has 0 aromatic carbocycles. The van der Waals surface area contributed by atoms with E-state index in [0.29, 0.717) is 35.3 Å². The Morgan fingerprint density at radius 1 is 1.00 bits per heavy atom. The molecule has 2 aliphatic carbocycles. The fraction of sp³-hybridized carbons (Fsp3) is 0.767. The van der Waals surface area contributed by atoms with Crippen LogP contribution in [0.5, 0.6) is 0 Å². The van der Waals surface area contributed by atoms with Crippen LogP contribution >= 0.6 is 0 Å². The van der Waals surface area contributed by atoms with Gasteiger partial charge in [0.2, 0.25) is 17.6 Å². The molecule has 40 heavy (non-hydrogen) atoms. The lowest BCUT2D eigenvalue weighted by Gasteiger charge is -2.38. The summed E-state index contributed by atoms with van der Waals surface area (Å²) < 4.78 is 7.25. The van der Waals surface area contributed by atoms with Crippen molar-refractivity contribution < 1.29 is 4.52 Å². The van der Waals surface area contributed by atoms with Crippen LogP contribution in [-0.2, 0) is 6.54 Å². The van der Waals surface area contributed by atoms with Gasteiger partial charge in [-0.2, -0.15) is 4.98 Å². The van der Waals surface area contributed by atoms with Gasteiger partial charge >= 0.3 is 5.76 Å². The monoisotopic (exact) mass is 550 g/mol. The third-order valence-electron chi connectivity index (χ3n) is 9.66. The maximum absolute atomic E-state index is 11.8. The van der Waals surface area contributed by atoms with Crippen molar-refractivity contribution in [2.45, 2.75) is 117 Å². The fourth-order valence-corrected chi connectivity index (χ4v) is 7.05. The number of imidazole rings is 1. The average molecular weight is 551 g/mol. The smallest absolute Gasteiger partial charge is 0.365 e. The molecule has 6 rings (SSSR count). The predicted octanol–water partition coefficient (Wildman–Crippen LogP) is 6.00. The van der Waals surface area contributed by atoms with Crippen molar-refractivity contribution >= 4 is 22.9 Å². The van der Waals surface area contributed by atoms with Gasteiger partial charge in [-0.3, -0.25) is 9.51 Å². The number of rotatable bonds is 9. The molecule has 3 aliphatic rings. The van der Waals surface area contributed by atoms with Crippen LogP contribution in [-0.4, -0.2) is 48.3 Å². The number of anilines is 2. The summed E-state index contributed by atoms with van der Waals surface area (Å²) in [4.78, 5) is 32.1. The highest BCUT2D eigenvalue weighted by Gasteiger charge is 2.32. The third-order valence-corrected chi connectivity index (χ3v) is 9.66. The van der Waals surface area contributed by atoms with Crippen LogP contribution in [0.25, 0.3) is 22.8 Å². The van der Waals surface area contributed by atoms with Crippen molar-refractivity contribution in [2.75, 3.05) is 16.8 Å². The zero-order valence-corrected chi connectivity index (χ0v) is 24.7. The van der Waals surface area contributed by atoms with Gasteiger partial charge < -0.3 is 14.8 Å². The third kappa shape index (κ3) is 5.63. The minimum Gasteiger partial charge on any atom is -0.365 e. The molecule has 3 fully saturated rings. The minimum atomic E-state index is -0.612. The van der Waals surface area contributed by atoms with E-state index < -0.39 is 5.76 Å². The molecule has 4 heterocycles. The summed E-state index contributed by atoms with van der Waals surface area (Å²) in [6, 6.07) is 0.752. The normalized spacial score (nSPS) is 24.9. The van der Waals surface area contributed by atoms with Gasteiger partial charge in [-0.1, -0.05) is 45.2 Å². The van der Waals surface area contributed by atoms with Crippen molar-refractivity contribution in [3.05, 3.63) is 10.6 Å². The first-order chi connectivity index (χ1) is 19.4. The highest BCUT2D eigenvalue weighted by molar-refractivity contribution is 5.87. The predicted molar refractivity (Wildman–Crippen MR) is 157 cm³/mol. The maximum Gasteiger partial charge on any atom is 0.439 e. The van der Waals surface area contributed by atoms with E-state index in [1.807, 2.05) is 0 Å². The first-order valence-electron chi connectivity index (χ1n) is 15.7. The van der Waals surface area contributed by atoms with Crippen molar-refractivity contribution in [3.8, 4) is 11.6 Å². The number of aromatic amines is 1. The molecular weight excluding hydrogens is 504 g/mol. The molecule has 0 unspecified atom stereocenters. The molecular formula is C30H46N8O2. The summed E-state index contributed by atoms with van der Waals surface area (Å²) in [5.41, 5.74) is 1.63. The zero-order valence-electron chi connectivity index (χ0n) is 24.7. The van der Waals surface area contributed by atoms with Crippen molar-refractivity contribution in [3.63, 3.8) is 0 Å². The van der Waals surface area contributed by atoms with Gasteiger partial charge in [-0.05, 0) is 82.0 Å². The van der Waals surface area contributed by atoms with E-state index in [2.05, 4.69) is 52.6 Å². The molecule has 218 valence electrons. The molecule has 1 aliphatic heterocycles. The van der Waals surface area contributed by atoms with Crippen LogP contribution in [0.1, 0.15) is 98.3 Å². The van der Waals surface area contributed by atoms with Gasteiger partial charge in [-0.15, -0.1) is 0 Å². The number of nitrogens with zero attached hydrogens (tertiary/aromatic N) is 6. The Labute approximate surface area is 236 Å². The van der Waals surface area contributed by atoms with E-state index >= 15 is 0 Å². The summed E-state index contributed by atoms with van der Waals surface area (Å²) in [7, 11) is 0. The Kier molecular flexibility index (Phi) is 7.86. The Morgan fingerprint density at radius 2 is 1.80 bits per heavy atom. The van der Waals surface area contributed by atoms with E-state index in [0.717, 1.165) is 42.7 Å². The van der Waals surface area contributed by atoms with E-state index in [1.54, 1.807) is 0 Å². The van der Waals surface area contributed by atoms with Crippen LogP contribution in [0.3, 0.4) is 0 Å². The van der Waals surface area contributed by atoms with Gasteiger partial charge in [0.05, 0.1) is 0 Å². The molecule has 3 aromatic heterocycles. The highest BCUT2D eigenvalue weighted by atomic mass is 16.5. The second-order valence-corrected chi connectivity index (χ2v) is 13.3. The number of nitrogens with one attached hydrogen (secondary N) is 2. The number of fused-ring (bicyclic) bond motifs is 1. The molecule has 2 saturated carbocycles. The zero-order chi connectivity index (χ0) is 27.8. The van der Waals surface area contributed by atoms with Gasteiger partial charge in [0, 0.05) is 25.2 Å². The van der Waals surface area contributed by atoms with Crippen molar-refractivity contribution in [2.24, 2.45) is 23.7 Å². The summed E-state index contributed by atoms with van der Waals surface area (Å²) in [5.74, 6) is 4.45. The Morgan fingerprint density at radius 3 is 2.48 bits per heavy atom. The fourth-order valence-electron chi connectivity index (χ4n) is 7.05. The number of piperidine rings is 1. The number of H-pyrrole nitrogens is 1. The number of aromatic nitrogens is 6. The Bertz CT molecular complexity index is 1350. The van der Waals surface area contributed by atoms with Crippen LogP contribution in [0.15, 0.2) is 9.32 Å². The van der Waals surface area contributed by atoms with Crippen LogP contribution in [0, 0.1) is 23.7 Å². The Balaban J connectivity index is 1.48. The van der Waals surface area contributed by atoms with Crippen LogP contribution in [0.4, 0.5) is 11.8 Å². The van der Waals surface area contributed by atoms with E-state index in [1.165, 1.54) is 64.2 Å². The molecule has 0 bridgehead atoms. The molecule has 2 N–H and O–H groups in total. The molecule has 10 heteroatoms. The topological polar surface area (TPSA) is 118 Å². The highest BCUT2D eigenvalue weighted by Crippen LogP contribution is 2.38. The van der Waals surface area contributed by atoms with Crippen molar-refractivity contribution in [1.82, 2.24) is 29.7 Å². The lowest BCUT2D eigenvalue weighted by atomic mass is 9.80. The first kappa shape index (κ1) is 27.3. The average Bonchev–Trinajstić information content (AvgIpc) is 3.48. The minimum absolute atomic E-state index is 0.235. The number of hydrogen-bond acceptors (Lipinski definition) is 8.